The molecule has 0 aliphatic carbocycles. The minimum atomic E-state index is -4.42. The molecule has 0 atom stereocenters. The van der Waals surface area contributed by atoms with Crippen LogP contribution in [0.15, 0.2) is 78.2 Å². The van der Waals surface area contributed by atoms with Crippen molar-refractivity contribution in [2.24, 2.45) is 5.92 Å². The van der Waals surface area contributed by atoms with Gasteiger partial charge < -0.3 is 14.4 Å². The van der Waals surface area contributed by atoms with Crippen LogP contribution in [0.5, 0.6) is 11.5 Å². The normalized spacial score (nSPS) is 15.3. The van der Waals surface area contributed by atoms with Crippen molar-refractivity contribution in [1.82, 2.24) is 14.8 Å². The van der Waals surface area contributed by atoms with E-state index in [1.165, 1.54) is 29.0 Å². The molecule has 1 amide bonds. The van der Waals surface area contributed by atoms with Gasteiger partial charge in [0.25, 0.3) is 5.91 Å². The lowest BCUT2D eigenvalue weighted by molar-refractivity contribution is -0.137. The topological polar surface area (TPSA) is 54.9 Å². The third kappa shape index (κ3) is 7.37. The molecule has 10 heteroatoms. The number of hydrogen-bond donors (Lipinski definition) is 0. The van der Waals surface area contributed by atoms with E-state index in [-0.39, 0.29) is 19.2 Å². The summed E-state index contributed by atoms with van der Waals surface area (Å²) in [5, 5.41) is 2.52. The zero-order valence-corrected chi connectivity index (χ0v) is 24.4. The van der Waals surface area contributed by atoms with Gasteiger partial charge in [-0.15, -0.1) is 11.3 Å². The first kappa shape index (κ1) is 29.2. The van der Waals surface area contributed by atoms with Gasteiger partial charge in [0.15, 0.2) is 11.5 Å². The molecule has 3 aromatic carbocycles. The second kappa shape index (κ2) is 12.8. The Morgan fingerprint density at radius 2 is 1.60 bits per heavy atom. The molecule has 0 saturated carbocycles. The third-order valence-corrected chi connectivity index (χ3v) is 8.74. The van der Waals surface area contributed by atoms with E-state index in [2.05, 4.69) is 29.2 Å². The minimum absolute atomic E-state index is 0.0686. The van der Waals surface area contributed by atoms with Crippen LogP contribution in [0, 0.1) is 5.92 Å². The fourth-order valence-electron chi connectivity index (χ4n) is 5.69. The van der Waals surface area contributed by atoms with Crippen LogP contribution in [0.4, 0.5) is 13.2 Å². The maximum Gasteiger partial charge on any atom is 0.416 e. The number of likely N-dealkylation sites (tertiary alicyclic amines) is 1. The van der Waals surface area contributed by atoms with E-state index < -0.39 is 11.7 Å². The number of carbonyl (C=O) groups is 1. The van der Waals surface area contributed by atoms with Gasteiger partial charge in [-0.25, -0.2) is 4.98 Å². The van der Waals surface area contributed by atoms with E-state index in [0.29, 0.717) is 54.9 Å². The number of fused-ring (bicyclic) bond motifs is 1. The van der Waals surface area contributed by atoms with Crippen LogP contribution in [0.2, 0.25) is 0 Å². The second-order valence-corrected chi connectivity index (χ2v) is 12.0. The number of ether oxygens (including phenoxy) is 2. The van der Waals surface area contributed by atoms with Crippen LogP contribution >= 0.6 is 11.3 Å². The van der Waals surface area contributed by atoms with Crippen molar-refractivity contribution in [1.29, 1.82) is 0 Å². The lowest BCUT2D eigenvalue weighted by atomic mass is 9.90. The fraction of sp³-hybridized carbons (Fsp3) is 0.333. The van der Waals surface area contributed by atoms with Crippen molar-refractivity contribution in [2.45, 2.75) is 45.1 Å². The molecule has 0 bridgehead atoms. The summed E-state index contributed by atoms with van der Waals surface area (Å²) in [5.41, 5.74) is 2.54. The number of piperidine rings is 1. The van der Waals surface area contributed by atoms with Crippen LogP contribution in [0.25, 0.3) is 0 Å². The standard InChI is InChI=1S/C33H32F3N3O3S/c34-33(35,36)27-8-4-7-25(16-27)18-38(19-26-9-10-29-30(17-26)42-22-41-29)20-31-37-28(21-43-31)32(40)39-13-11-24(12-14-39)15-23-5-2-1-3-6-23/h1-10,16-17,21,24H,11-15,18-20,22H2. The molecule has 6 nitrogen and oxygen atoms in total. The minimum Gasteiger partial charge on any atom is -0.454 e. The Morgan fingerprint density at radius 1 is 0.884 bits per heavy atom. The number of nitrogens with zero attached hydrogens (tertiary/aromatic N) is 3. The van der Waals surface area contributed by atoms with Crippen LogP contribution < -0.4 is 9.47 Å². The maximum atomic E-state index is 13.4. The molecule has 1 aromatic heterocycles. The summed E-state index contributed by atoms with van der Waals surface area (Å²) in [5.74, 6) is 1.80. The highest BCUT2D eigenvalue weighted by Gasteiger charge is 2.31. The predicted octanol–water partition coefficient (Wildman–Crippen LogP) is 7.19. The smallest absolute Gasteiger partial charge is 0.416 e. The number of amides is 1. The number of thiazole rings is 1. The highest BCUT2D eigenvalue weighted by molar-refractivity contribution is 7.09. The van der Waals surface area contributed by atoms with Gasteiger partial charge >= 0.3 is 6.18 Å². The average Bonchev–Trinajstić information content (AvgIpc) is 3.67. The number of rotatable bonds is 9. The quantitative estimate of drug-likeness (QED) is 0.202. The van der Waals surface area contributed by atoms with Gasteiger partial charge in [-0.05, 0) is 60.1 Å². The third-order valence-electron chi connectivity index (χ3n) is 7.90. The summed E-state index contributed by atoms with van der Waals surface area (Å²) >= 11 is 1.40. The molecule has 224 valence electrons. The molecule has 0 spiro atoms. The molecule has 3 heterocycles. The van der Waals surface area contributed by atoms with Crippen LogP contribution in [0.3, 0.4) is 0 Å². The Balaban J connectivity index is 1.13. The van der Waals surface area contributed by atoms with E-state index >= 15 is 0 Å². The van der Waals surface area contributed by atoms with Crippen LogP contribution in [-0.4, -0.2) is 40.6 Å². The summed E-state index contributed by atoms with van der Waals surface area (Å²) in [6, 6.07) is 21.5. The first-order valence-corrected chi connectivity index (χ1v) is 15.2. The first-order chi connectivity index (χ1) is 20.8. The van der Waals surface area contributed by atoms with Crippen LogP contribution in [0.1, 0.15) is 50.6 Å². The molecule has 4 aromatic rings. The Labute approximate surface area is 252 Å². The van der Waals surface area contributed by atoms with Gasteiger partial charge in [-0.1, -0.05) is 54.6 Å². The van der Waals surface area contributed by atoms with E-state index in [0.717, 1.165) is 35.9 Å². The van der Waals surface area contributed by atoms with Crippen molar-refractivity contribution in [3.05, 3.63) is 111 Å². The predicted molar refractivity (Wildman–Crippen MR) is 158 cm³/mol. The van der Waals surface area contributed by atoms with Crippen molar-refractivity contribution >= 4 is 17.2 Å². The molecule has 6 rings (SSSR count). The zero-order chi connectivity index (χ0) is 29.8. The highest BCUT2D eigenvalue weighted by atomic mass is 32.1. The fourth-order valence-corrected chi connectivity index (χ4v) is 6.50. The van der Waals surface area contributed by atoms with E-state index in [4.69, 9.17) is 9.47 Å². The van der Waals surface area contributed by atoms with E-state index in [9.17, 15) is 18.0 Å². The van der Waals surface area contributed by atoms with Gasteiger partial charge in [-0.3, -0.25) is 9.69 Å². The molecular weight excluding hydrogens is 575 g/mol. The highest BCUT2D eigenvalue weighted by Crippen LogP contribution is 2.34. The Bertz CT molecular complexity index is 1550. The van der Waals surface area contributed by atoms with Crippen LogP contribution in [-0.2, 0) is 32.2 Å². The van der Waals surface area contributed by atoms with E-state index in [1.54, 1.807) is 11.4 Å². The first-order valence-electron chi connectivity index (χ1n) is 14.3. The molecule has 2 aliphatic rings. The number of aromatic nitrogens is 1. The maximum absolute atomic E-state index is 13.4. The van der Waals surface area contributed by atoms with Crippen molar-refractivity contribution in [3.8, 4) is 11.5 Å². The number of carbonyl (C=O) groups excluding carboxylic acids is 1. The zero-order valence-electron chi connectivity index (χ0n) is 23.6. The Hall–Kier alpha value is -3.89. The summed E-state index contributed by atoms with van der Waals surface area (Å²) in [6.07, 6.45) is -1.48. The lowest BCUT2D eigenvalue weighted by Crippen LogP contribution is -2.39. The molecule has 0 N–H and O–H groups in total. The summed E-state index contributed by atoms with van der Waals surface area (Å²) in [7, 11) is 0. The molecule has 2 aliphatic heterocycles. The molecule has 1 saturated heterocycles. The summed E-state index contributed by atoms with van der Waals surface area (Å²) in [6.45, 7) is 2.67. The monoisotopic (exact) mass is 607 g/mol. The number of benzene rings is 3. The van der Waals surface area contributed by atoms with Crippen molar-refractivity contribution < 1.29 is 27.4 Å². The second-order valence-electron chi connectivity index (χ2n) is 11.1. The number of hydrogen-bond acceptors (Lipinski definition) is 6. The average molecular weight is 608 g/mol. The van der Waals surface area contributed by atoms with E-state index in [1.807, 2.05) is 34.1 Å². The summed E-state index contributed by atoms with van der Waals surface area (Å²) in [4.78, 5) is 21.9. The number of halogens is 3. The largest absolute Gasteiger partial charge is 0.454 e. The van der Waals surface area contributed by atoms with Gasteiger partial charge in [0, 0.05) is 31.6 Å². The van der Waals surface area contributed by atoms with Gasteiger partial charge in [0.2, 0.25) is 6.79 Å². The molecule has 1 fully saturated rings. The summed E-state index contributed by atoms with van der Waals surface area (Å²) < 4.78 is 51.1. The molecule has 0 unspecified atom stereocenters. The van der Waals surface area contributed by atoms with Crippen molar-refractivity contribution in [3.63, 3.8) is 0 Å². The number of alkyl halides is 3. The lowest BCUT2D eigenvalue weighted by Gasteiger charge is -2.31. The van der Waals surface area contributed by atoms with Gasteiger partial charge in [0.1, 0.15) is 10.7 Å². The Kier molecular flexibility index (Phi) is 8.67. The SMILES string of the molecule is O=C(c1csc(CN(Cc2cccc(C(F)(F)F)c2)Cc2ccc3c(c2)OCO3)n1)N1CCC(Cc2ccccc2)CC1. The molecule has 43 heavy (non-hydrogen) atoms. The van der Waals surface area contributed by atoms with Gasteiger partial charge in [0.05, 0.1) is 12.1 Å². The molecule has 0 radical (unpaired) electrons. The van der Waals surface area contributed by atoms with Gasteiger partial charge in [-0.2, -0.15) is 13.2 Å². The van der Waals surface area contributed by atoms with Crippen molar-refractivity contribution in [2.75, 3.05) is 19.9 Å². The Morgan fingerprint density at radius 3 is 2.37 bits per heavy atom. The molecular formula is C33H32F3N3O3S.